The van der Waals surface area contributed by atoms with E-state index in [4.69, 9.17) is 4.42 Å². The van der Waals surface area contributed by atoms with Crippen molar-refractivity contribution in [2.45, 2.75) is 13.8 Å². The molecule has 0 radical (unpaired) electrons. The lowest BCUT2D eigenvalue weighted by molar-refractivity contribution is 0.474. The van der Waals surface area contributed by atoms with E-state index in [-0.39, 0.29) is 5.75 Å². The second-order valence-electron chi connectivity index (χ2n) is 4.67. The summed E-state index contributed by atoms with van der Waals surface area (Å²) in [5.74, 6) is 0.952. The lowest BCUT2D eigenvalue weighted by Gasteiger charge is -2.01. The third-order valence-corrected chi connectivity index (χ3v) is 3.09. The molecule has 1 N–H and O–H groups in total. The van der Waals surface area contributed by atoms with Gasteiger partial charge >= 0.3 is 0 Å². The van der Waals surface area contributed by atoms with E-state index >= 15 is 0 Å². The molecule has 0 unspecified atom stereocenters. The second-order valence-corrected chi connectivity index (χ2v) is 4.67. The first-order valence-electron chi connectivity index (χ1n) is 5.94. The van der Waals surface area contributed by atoms with Crippen LogP contribution in [0.3, 0.4) is 0 Å². The number of aromatic hydroxyl groups is 1. The largest absolute Gasteiger partial charge is 0.507 e. The third-order valence-electron chi connectivity index (χ3n) is 3.09. The van der Waals surface area contributed by atoms with Crippen molar-refractivity contribution in [1.29, 1.82) is 0 Å². The van der Waals surface area contributed by atoms with E-state index in [1.807, 2.05) is 37.3 Å². The van der Waals surface area contributed by atoms with E-state index in [1.165, 1.54) is 5.56 Å². The summed E-state index contributed by atoms with van der Waals surface area (Å²) < 4.78 is 5.78. The molecule has 0 aliphatic carbocycles. The summed E-state index contributed by atoms with van der Waals surface area (Å²) in [6.07, 6.45) is 0. The molecule has 1 heterocycles. The van der Waals surface area contributed by atoms with Crippen LogP contribution in [0, 0.1) is 13.8 Å². The van der Waals surface area contributed by atoms with Gasteiger partial charge in [-0.3, -0.25) is 0 Å². The van der Waals surface area contributed by atoms with E-state index in [1.54, 1.807) is 6.07 Å². The molecule has 0 aliphatic rings. The molecule has 2 heteroatoms. The fourth-order valence-corrected chi connectivity index (χ4v) is 2.14. The van der Waals surface area contributed by atoms with Gasteiger partial charge in [0.2, 0.25) is 0 Å². The topological polar surface area (TPSA) is 33.4 Å². The summed E-state index contributed by atoms with van der Waals surface area (Å²) >= 11 is 0. The molecule has 0 fully saturated rings. The minimum Gasteiger partial charge on any atom is -0.507 e. The maximum Gasteiger partial charge on any atom is 0.139 e. The van der Waals surface area contributed by atoms with Gasteiger partial charge in [0, 0.05) is 5.39 Å². The standard InChI is InChI=1S/C16H14O2/c1-10-4-6-15-12(7-10)9-16(18-15)13-8-11(2)3-5-14(13)17/h3-9,17H,1-2H3. The molecule has 0 atom stereocenters. The molecule has 0 saturated carbocycles. The molecule has 2 aromatic carbocycles. The maximum atomic E-state index is 9.91. The normalized spacial score (nSPS) is 11.0. The molecule has 0 spiro atoms. The van der Waals surface area contributed by atoms with Gasteiger partial charge in [0.1, 0.15) is 17.1 Å². The summed E-state index contributed by atoms with van der Waals surface area (Å²) in [6.45, 7) is 4.05. The molecule has 3 aromatic rings. The van der Waals surface area contributed by atoms with Crippen LogP contribution in [0.15, 0.2) is 46.9 Å². The van der Waals surface area contributed by atoms with Crippen molar-refractivity contribution in [1.82, 2.24) is 0 Å². The predicted octanol–water partition coefficient (Wildman–Crippen LogP) is 4.42. The van der Waals surface area contributed by atoms with Crippen molar-refractivity contribution < 1.29 is 9.52 Å². The average Bonchev–Trinajstić information content (AvgIpc) is 2.74. The fraction of sp³-hybridized carbons (Fsp3) is 0.125. The number of phenols is 1. The van der Waals surface area contributed by atoms with Crippen LogP contribution >= 0.6 is 0 Å². The fourth-order valence-electron chi connectivity index (χ4n) is 2.14. The molecule has 0 amide bonds. The summed E-state index contributed by atoms with van der Waals surface area (Å²) in [5.41, 5.74) is 3.88. The van der Waals surface area contributed by atoms with Crippen molar-refractivity contribution in [2.24, 2.45) is 0 Å². The maximum absolute atomic E-state index is 9.91. The Bertz CT molecular complexity index is 723. The molecule has 90 valence electrons. The van der Waals surface area contributed by atoms with Gasteiger partial charge < -0.3 is 9.52 Å². The number of phenolic OH excluding ortho intramolecular Hbond substituents is 1. The van der Waals surface area contributed by atoms with Crippen LogP contribution < -0.4 is 0 Å². The monoisotopic (exact) mass is 238 g/mol. The zero-order chi connectivity index (χ0) is 12.7. The number of hydrogen-bond acceptors (Lipinski definition) is 2. The Morgan fingerprint density at radius 3 is 2.44 bits per heavy atom. The lowest BCUT2D eigenvalue weighted by atomic mass is 10.1. The molecular formula is C16H14O2. The number of aryl methyl sites for hydroxylation is 2. The average molecular weight is 238 g/mol. The summed E-state index contributed by atoms with van der Waals surface area (Å²) in [7, 11) is 0. The van der Waals surface area contributed by atoms with E-state index in [0.29, 0.717) is 5.76 Å². The van der Waals surface area contributed by atoms with Gasteiger partial charge in [0.25, 0.3) is 0 Å². The first kappa shape index (κ1) is 10.9. The van der Waals surface area contributed by atoms with Crippen molar-refractivity contribution >= 4 is 11.0 Å². The Labute approximate surface area is 105 Å². The molecule has 2 nitrogen and oxygen atoms in total. The van der Waals surface area contributed by atoms with Gasteiger partial charge in [-0.05, 0) is 44.2 Å². The quantitative estimate of drug-likeness (QED) is 0.680. The summed E-state index contributed by atoms with van der Waals surface area (Å²) in [4.78, 5) is 0. The van der Waals surface area contributed by atoms with Gasteiger partial charge in [-0.15, -0.1) is 0 Å². The van der Waals surface area contributed by atoms with Crippen LogP contribution in [0.2, 0.25) is 0 Å². The number of furan rings is 1. The highest BCUT2D eigenvalue weighted by Gasteiger charge is 2.10. The van der Waals surface area contributed by atoms with Crippen molar-refractivity contribution in [3.8, 4) is 17.1 Å². The minimum atomic E-state index is 0.247. The Kier molecular flexibility index (Phi) is 2.37. The Morgan fingerprint density at radius 2 is 1.61 bits per heavy atom. The highest BCUT2D eigenvalue weighted by molar-refractivity contribution is 5.84. The second kappa shape index (κ2) is 3.91. The van der Waals surface area contributed by atoms with Gasteiger partial charge in [-0.2, -0.15) is 0 Å². The highest BCUT2D eigenvalue weighted by atomic mass is 16.3. The van der Waals surface area contributed by atoms with Gasteiger partial charge in [-0.1, -0.05) is 23.3 Å². The van der Waals surface area contributed by atoms with Crippen molar-refractivity contribution in [3.63, 3.8) is 0 Å². The molecule has 0 aliphatic heterocycles. The van der Waals surface area contributed by atoms with Crippen LogP contribution in [0.1, 0.15) is 11.1 Å². The molecular weight excluding hydrogens is 224 g/mol. The van der Waals surface area contributed by atoms with Crippen LogP contribution in [0.4, 0.5) is 0 Å². The van der Waals surface area contributed by atoms with Gasteiger partial charge in [-0.25, -0.2) is 0 Å². The summed E-state index contributed by atoms with van der Waals surface area (Å²) in [6, 6.07) is 13.5. The van der Waals surface area contributed by atoms with Gasteiger partial charge in [0.05, 0.1) is 5.56 Å². The van der Waals surface area contributed by atoms with E-state index in [0.717, 1.165) is 22.1 Å². The molecule has 0 saturated heterocycles. The van der Waals surface area contributed by atoms with Crippen molar-refractivity contribution in [3.05, 3.63) is 53.6 Å². The minimum absolute atomic E-state index is 0.247. The molecule has 0 bridgehead atoms. The highest BCUT2D eigenvalue weighted by Crippen LogP contribution is 2.34. The molecule has 18 heavy (non-hydrogen) atoms. The third kappa shape index (κ3) is 1.76. The van der Waals surface area contributed by atoms with Crippen LogP contribution in [-0.2, 0) is 0 Å². The predicted molar refractivity (Wildman–Crippen MR) is 72.8 cm³/mol. The van der Waals surface area contributed by atoms with Crippen LogP contribution in [0.5, 0.6) is 5.75 Å². The zero-order valence-electron chi connectivity index (χ0n) is 10.4. The van der Waals surface area contributed by atoms with Crippen LogP contribution in [-0.4, -0.2) is 5.11 Å². The Morgan fingerprint density at radius 1 is 0.889 bits per heavy atom. The SMILES string of the molecule is Cc1ccc(O)c(-c2cc3cc(C)ccc3o2)c1. The van der Waals surface area contributed by atoms with E-state index in [9.17, 15) is 5.11 Å². The Hall–Kier alpha value is -2.22. The lowest BCUT2D eigenvalue weighted by Crippen LogP contribution is -1.78. The van der Waals surface area contributed by atoms with Gasteiger partial charge in [0.15, 0.2) is 0 Å². The smallest absolute Gasteiger partial charge is 0.139 e. The van der Waals surface area contributed by atoms with Crippen LogP contribution in [0.25, 0.3) is 22.3 Å². The first-order valence-corrected chi connectivity index (χ1v) is 5.94. The Balaban J connectivity index is 2.22. The van der Waals surface area contributed by atoms with E-state index in [2.05, 4.69) is 13.0 Å². The van der Waals surface area contributed by atoms with E-state index < -0.39 is 0 Å². The number of fused-ring (bicyclic) bond motifs is 1. The number of hydrogen-bond donors (Lipinski definition) is 1. The first-order chi connectivity index (χ1) is 8.63. The molecule has 1 aromatic heterocycles. The number of rotatable bonds is 1. The molecule has 3 rings (SSSR count). The number of benzene rings is 2. The summed E-state index contributed by atoms with van der Waals surface area (Å²) in [5, 5.41) is 11.0. The zero-order valence-corrected chi connectivity index (χ0v) is 10.4. The van der Waals surface area contributed by atoms with Crippen molar-refractivity contribution in [2.75, 3.05) is 0 Å².